The summed E-state index contributed by atoms with van der Waals surface area (Å²) in [4.78, 5) is 15.2. The first kappa shape index (κ1) is 17.7. The summed E-state index contributed by atoms with van der Waals surface area (Å²) in [6.45, 7) is 2.26. The van der Waals surface area contributed by atoms with Crippen LogP contribution in [-0.2, 0) is 11.3 Å². The molecule has 1 aliphatic heterocycles. The van der Waals surface area contributed by atoms with Gasteiger partial charge in [0.1, 0.15) is 11.6 Å². The van der Waals surface area contributed by atoms with Crippen LogP contribution >= 0.6 is 11.8 Å². The first-order chi connectivity index (χ1) is 13.2. The van der Waals surface area contributed by atoms with Crippen molar-refractivity contribution in [3.8, 4) is 0 Å². The Morgan fingerprint density at radius 2 is 1.89 bits per heavy atom. The molecular weight excluding hydrogens is 367 g/mol. The first-order valence-electron chi connectivity index (χ1n) is 8.80. The van der Waals surface area contributed by atoms with Gasteiger partial charge in [0.05, 0.1) is 12.3 Å². The molecule has 3 aromatic rings. The minimum absolute atomic E-state index is 0.128. The van der Waals surface area contributed by atoms with Crippen LogP contribution in [0.1, 0.15) is 18.7 Å². The fourth-order valence-electron chi connectivity index (χ4n) is 2.96. The Morgan fingerprint density at radius 1 is 1.11 bits per heavy atom. The zero-order valence-electron chi connectivity index (χ0n) is 14.6. The second-order valence-electron chi connectivity index (χ2n) is 6.29. The molecule has 140 valence electrons. The van der Waals surface area contributed by atoms with Crippen LogP contribution in [0, 0.1) is 5.82 Å². The predicted octanol–water partition coefficient (Wildman–Crippen LogP) is 2.27. The van der Waals surface area contributed by atoms with Gasteiger partial charge in [-0.05, 0) is 49.2 Å². The molecule has 0 saturated carbocycles. The monoisotopic (exact) mass is 386 g/mol. The van der Waals surface area contributed by atoms with Gasteiger partial charge in [-0.2, -0.15) is 4.52 Å². The van der Waals surface area contributed by atoms with Crippen LogP contribution in [-0.4, -0.2) is 44.6 Å². The van der Waals surface area contributed by atoms with Crippen molar-refractivity contribution in [2.75, 3.05) is 23.7 Å². The highest BCUT2D eigenvalue weighted by molar-refractivity contribution is 8.00. The molecule has 1 amide bonds. The number of hydrogen-bond acceptors (Lipinski definition) is 6. The van der Waals surface area contributed by atoms with Gasteiger partial charge in [0.2, 0.25) is 5.91 Å². The molecule has 0 atom stereocenters. The highest BCUT2D eigenvalue weighted by Crippen LogP contribution is 2.19. The minimum Gasteiger partial charge on any atom is -0.355 e. The number of hydrogen-bond donors (Lipinski definition) is 1. The summed E-state index contributed by atoms with van der Waals surface area (Å²) in [5.74, 6) is 1.32. The maximum Gasteiger partial charge on any atom is 0.230 e. The van der Waals surface area contributed by atoms with E-state index in [1.54, 1.807) is 16.6 Å². The molecule has 0 unspecified atom stereocenters. The van der Waals surface area contributed by atoms with Crippen LogP contribution in [0.3, 0.4) is 0 Å². The number of benzene rings is 1. The third-order valence-electron chi connectivity index (χ3n) is 4.37. The highest BCUT2D eigenvalue weighted by Gasteiger charge is 2.16. The number of thioether (sulfide) groups is 1. The Labute approximate surface area is 160 Å². The van der Waals surface area contributed by atoms with E-state index in [-0.39, 0.29) is 24.0 Å². The molecule has 2 aromatic heterocycles. The number of carbonyl (C=O) groups is 1. The van der Waals surface area contributed by atoms with Crippen molar-refractivity contribution < 1.29 is 9.18 Å². The lowest BCUT2D eigenvalue weighted by atomic mass is 10.4. The van der Waals surface area contributed by atoms with Gasteiger partial charge in [0.25, 0.3) is 0 Å². The summed E-state index contributed by atoms with van der Waals surface area (Å²) in [6.07, 6.45) is 2.35. The Hall–Kier alpha value is -2.68. The van der Waals surface area contributed by atoms with Gasteiger partial charge in [-0.3, -0.25) is 4.79 Å². The summed E-state index contributed by atoms with van der Waals surface area (Å²) in [6, 6.07) is 9.92. The fourth-order valence-corrected chi connectivity index (χ4v) is 3.69. The number of carbonyl (C=O) groups excluding carboxylic acids is 1. The maximum atomic E-state index is 12.9. The number of fused-ring (bicyclic) bond motifs is 1. The van der Waals surface area contributed by atoms with Crippen LogP contribution in [0.25, 0.3) is 5.65 Å². The quantitative estimate of drug-likeness (QED) is 0.655. The van der Waals surface area contributed by atoms with E-state index in [4.69, 9.17) is 0 Å². The Balaban J connectivity index is 1.37. The molecule has 1 aromatic carbocycles. The van der Waals surface area contributed by atoms with Crippen molar-refractivity contribution in [1.82, 2.24) is 25.1 Å². The van der Waals surface area contributed by atoms with E-state index in [9.17, 15) is 9.18 Å². The van der Waals surface area contributed by atoms with Crippen LogP contribution in [0.4, 0.5) is 10.2 Å². The Morgan fingerprint density at radius 3 is 2.67 bits per heavy atom. The number of amides is 1. The second-order valence-corrected chi connectivity index (χ2v) is 7.34. The van der Waals surface area contributed by atoms with Crippen LogP contribution in [0.5, 0.6) is 0 Å². The normalized spacial score (nSPS) is 14.0. The third kappa shape index (κ3) is 4.19. The Bertz CT molecular complexity index is 939. The van der Waals surface area contributed by atoms with Crippen molar-refractivity contribution in [2.24, 2.45) is 0 Å². The van der Waals surface area contributed by atoms with Gasteiger partial charge in [-0.1, -0.05) is 0 Å². The molecule has 0 radical (unpaired) electrons. The molecule has 1 N–H and O–H groups in total. The first-order valence-corrected chi connectivity index (χ1v) is 9.79. The zero-order chi connectivity index (χ0) is 18.6. The molecule has 0 bridgehead atoms. The smallest absolute Gasteiger partial charge is 0.230 e. The summed E-state index contributed by atoms with van der Waals surface area (Å²) in [5, 5.41) is 15.7. The van der Waals surface area contributed by atoms with E-state index in [0.717, 1.165) is 23.8 Å². The molecular formula is C18H19FN6OS. The standard InChI is InChI=1S/C18H19FN6OS/c19-13-3-5-14(6-4-13)27-12-18(26)20-11-17-22-21-15-7-8-16(23-25(15)17)24-9-1-2-10-24/h3-8H,1-2,9-12H2,(H,20,26). The van der Waals surface area contributed by atoms with E-state index in [0.29, 0.717) is 11.5 Å². The maximum absolute atomic E-state index is 12.9. The topological polar surface area (TPSA) is 75.4 Å². The molecule has 1 fully saturated rings. The lowest BCUT2D eigenvalue weighted by molar-refractivity contribution is -0.118. The van der Waals surface area contributed by atoms with Gasteiger partial charge in [-0.15, -0.1) is 27.1 Å². The summed E-state index contributed by atoms with van der Waals surface area (Å²) < 4.78 is 14.6. The lowest BCUT2D eigenvalue weighted by Crippen LogP contribution is -2.26. The minimum atomic E-state index is -0.289. The molecule has 4 rings (SSSR count). The highest BCUT2D eigenvalue weighted by atomic mass is 32.2. The summed E-state index contributed by atoms with van der Waals surface area (Å²) in [7, 11) is 0. The molecule has 1 aliphatic rings. The number of rotatable bonds is 6. The van der Waals surface area contributed by atoms with Crippen molar-refractivity contribution in [3.63, 3.8) is 0 Å². The molecule has 27 heavy (non-hydrogen) atoms. The van der Waals surface area contributed by atoms with E-state index in [2.05, 4.69) is 25.5 Å². The van der Waals surface area contributed by atoms with Crippen molar-refractivity contribution in [2.45, 2.75) is 24.3 Å². The Kier molecular flexibility index (Phi) is 5.19. The van der Waals surface area contributed by atoms with Crippen LogP contribution in [0.2, 0.25) is 0 Å². The molecule has 0 aliphatic carbocycles. The number of nitrogens with one attached hydrogen (secondary N) is 1. The molecule has 0 spiro atoms. The number of nitrogens with zero attached hydrogens (tertiary/aromatic N) is 5. The average Bonchev–Trinajstić information content (AvgIpc) is 3.35. The molecule has 7 nitrogen and oxygen atoms in total. The van der Waals surface area contributed by atoms with Gasteiger partial charge in [0.15, 0.2) is 11.5 Å². The van der Waals surface area contributed by atoms with Gasteiger partial charge in [-0.25, -0.2) is 4.39 Å². The van der Waals surface area contributed by atoms with E-state index < -0.39 is 0 Å². The number of aromatic nitrogens is 4. The molecule has 1 saturated heterocycles. The second kappa shape index (κ2) is 7.91. The van der Waals surface area contributed by atoms with Gasteiger partial charge >= 0.3 is 0 Å². The van der Waals surface area contributed by atoms with Crippen LogP contribution in [0.15, 0.2) is 41.3 Å². The SMILES string of the molecule is O=C(CSc1ccc(F)cc1)NCc1nnc2ccc(N3CCCC3)nn12. The van der Waals surface area contributed by atoms with Gasteiger partial charge < -0.3 is 10.2 Å². The zero-order valence-corrected chi connectivity index (χ0v) is 15.5. The molecule has 3 heterocycles. The molecule has 9 heteroatoms. The summed E-state index contributed by atoms with van der Waals surface area (Å²) >= 11 is 1.35. The van der Waals surface area contributed by atoms with Crippen LogP contribution < -0.4 is 10.2 Å². The average molecular weight is 386 g/mol. The van der Waals surface area contributed by atoms with Gasteiger partial charge in [0, 0.05) is 18.0 Å². The fraction of sp³-hybridized carbons (Fsp3) is 0.333. The van der Waals surface area contributed by atoms with E-state index >= 15 is 0 Å². The summed E-state index contributed by atoms with van der Waals surface area (Å²) in [5.41, 5.74) is 0.655. The lowest BCUT2D eigenvalue weighted by Gasteiger charge is -2.15. The van der Waals surface area contributed by atoms with E-state index in [1.807, 2.05) is 12.1 Å². The predicted molar refractivity (Wildman–Crippen MR) is 101 cm³/mol. The third-order valence-corrected chi connectivity index (χ3v) is 5.38. The largest absolute Gasteiger partial charge is 0.355 e. The van der Waals surface area contributed by atoms with E-state index in [1.165, 1.54) is 36.7 Å². The number of anilines is 1. The number of halogens is 1. The van der Waals surface area contributed by atoms with Crippen molar-refractivity contribution in [1.29, 1.82) is 0 Å². The van der Waals surface area contributed by atoms with Crippen molar-refractivity contribution in [3.05, 3.63) is 48.0 Å². The van der Waals surface area contributed by atoms with Crippen molar-refractivity contribution >= 4 is 29.1 Å².